The fraction of sp³-hybridized carbons (Fsp3) is 0.368. The lowest BCUT2D eigenvalue weighted by molar-refractivity contribution is -0.883. The van der Waals surface area contributed by atoms with Gasteiger partial charge in [-0.05, 0) is 30.3 Å². The second kappa shape index (κ2) is 8.85. The normalized spacial score (nSPS) is 15.8. The Morgan fingerprint density at radius 2 is 1.86 bits per heavy atom. The molecule has 156 valence electrons. The molecule has 0 atom stereocenters. The van der Waals surface area contributed by atoms with E-state index in [0.717, 1.165) is 13.1 Å². The van der Waals surface area contributed by atoms with Crippen molar-refractivity contribution in [2.24, 2.45) is 0 Å². The maximum Gasteiger partial charge on any atom is 0.274 e. The molecule has 1 aromatic carbocycles. The van der Waals surface area contributed by atoms with E-state index in [1.54, 1.807) is 24.1 Å². The summed E-state index contributed by atoms with van der Waals surface area (Å²) in [7, 11) is 0.231. The average molecular weight is 424 g/mol. The number of benzene rings is 1. The number of nitrogens with one attached hydrogen (secondary N) is 3. The molecule has 0 unspecified atom stereocenters. The highest BCUT2D eigenvalue weighted by Crippen LogP contribution is 2.16. The molecule has 0 spiro atoms. The number of likely N-dealkylation sites (N-methyl/N-ethyl adjacent to an activating group) is 2. The van der Waals surface area contributed by atoms with Gasteiger partial charge in [0.2, 0.25) is 10.0 Å². The first-order chi connectivity index (χ1) is 13.8. The summed E-state index contributed by atoms with van der Waals surface area (Å²) in [6.07, 6.45) is 1.45. The lowest BCUT2D eigenvalue weighted by atomic mass is 10.3. The van der Waals surface area contributed by atoms with E-state index in [2.05, 4.69) is 17.3 Å². The second-order valence-corrected chi connectivity index (χ2v) is 9.12. The number of H-pyrrole nitrogens is 1. The number of carbonyl (C=O) groups is 1. The van der Waals surface area contributed by atoms with Gasteiger partial charge in [-0.25, -0.2) is 17.8 Å². The van der Waals surface area contributed by atoms with Gasteiger partial charge in [0.05, 0.1) is 40.3 Å². The summed E-state index contributed by atoms with van der Waals surface area (Å²) in [4.78, 5) is 18.3. The minimum atomic E-state index is -3.53. The van der Waals surface area contributed by atoms with Gasteiger partial charge in [-0.2, -0.15) is 4.31 Å². The molecule has 2 aromatic rings. The van der Waals surface area contributed by atoms with Gasteiger partial charge in [-0.3, -0.25) is 9.69 Å². The number of rotatable bonds is 6. The van der Waals surface area contributed by atoms with E-state index in [4.69, 9.17) is 0 Å². The number of hydrogen-bond donors (Lipinski definition) is 2. The van der Waals surface area contributed by atoms with Gasteiger partial charge in [0.25, 0.3) is 11.7 Å². The van der Waals surface area contributed by atoms with Crippen LogP contribution in [0, 0.1) is 5.82 Å². The summed E-state index contributed by atoms with van der Waals surface area (Å²) in [5.74, 6) is -0.0484. The summed E-state index contributed by atoms with van der Waals surface area (Å²) in [5, 5.41) is 2.69. The molecule has 8 nitrogen and oxygen atoms in total. The van der Waals surface area contributed by atoms with E-state index in [0.29, 0.717) is 24.6 Å². The van der Waals surface area contributed by atoms with Crippen LogP contribution in [0.3, 0.4) is 0 Å². The van der Waals surface area contributed by atoms with E-state index in [-0.39, 0.29) is 23.2 Å². The number of halogens is 1. The van der Waals surface area contributed by atoms with E-state index in [9.17, 15) is 17.6 Å². The highest BCUT2D eigenvalue weighted by atomic mass is 32.2. The number of amides is 1. The molecule has 10 heteroatoms. The van der Waals surface area contributed by atoms with Crippen molar-refractivity contribution in [1.82, 2.24) is 4.31 Å². The predicted molar refractivity (Wildman–Crippen MR) is 107 cm³/mol. The number of piperazine rings is 1. The third-order valence-corrected chi connectivity index (χ3v) is 6.80. The molecule has 29 heavy (non-hydrogen) atoms. The summed E-state index contributed by atoms with van der Waals surface area (Å²) in [6.45, 7) is 2.61. The molecule has 3 rings (SSSR count). The van der Waals surface area contributed by atoms with Gasteiger partial charge in [0.15, 0.2) is 6.54 Å². The zero-order chi connectivity index (χ0) is 21.0. The van der Waals surface area contributed by atoms with E-state index >= 15 is 0 Å². The Balaban J connectivity index is 1.61. The third kappa shape index (κ3) is 5.28. The highest BCUT2D eigenvalue weighted by molar-refractivity contribution is 7.89. The molecule has 2 heterocycles. The summed E-state index contributed by atoms with van der Waals surface area (Å²) >= 11 is 0. The molecule has 0 saturated carbocycles. The monoisotopic (exact) mass is 423 g/mol. The number of anilines is 2. The first kappa shape index (κ1) is 21.2. The predicted octanol–water partition coefficient (Wildman–Crippen LogP) is -0.766. The lowest BCUT2D eigenvalue weighted by Crippen LogP contribution is -3.12. The smallest absolute Gasteiger partial charge is 0.274 e. The molecule has 1 saturated heterocycles. The molecule has 1 aliphatic heterocycles. The van der Waals surface area contributed by atoms with Crippen molar-refractivity contribution >= 4 is 27.4 Å². The van der Waals surface area contributed by atoms with E-state index in [1.165, 1.54) is 39.7 Å². The topological polar surface area (TPSA) is 88.3 Å². The van der Waals surface area contributed by atoms with Crippen LogP contribution in [-0.2, 0) is 14.8 Å². The van der Waals surface area contributed by atoms with Crippen LogP contribution in [-0.4, -0.2) is 65.4 Å². The van der Waals surface area contributed by atoms with Crippen LogP contribution < -0.4 is 20.1 Å². The zero-order valence-electron chi connectivity index (χ0n) is 16.5. The summed E-state index contributed by atoms with van der Waals surface area (Å²) in [6, 6.07) is 8.69. The number of carbonyl (C=O) groups excluding carboxylic acids is 1. The molecule has 1 amide bonds. The number of sulfonamides is 1. The number of quaternary nitrogens is 1. The van der Waals surface area contributed by atoms with Crippen molar-refractivity contribution in [2.45, 2.75) is 4.90 Å². The van der Waals surface area contributed by atoms with Gasteiger partial charge in [0.1, 0.15) is 16.9 Å². The van der Waals surface area contributed by atoms with Crippen LogP contribution in [0.4, 0.5) is 15.9 Å². The van der Waals surface area contributed by atoms with Crippen LogP contribution in [0.2, 0.25) is 0 Å². The van der Waals surface area contributed by atoms with Gasteiger partial charge < -0.3 is 10.2 Å². The Hall–Kier alpha value is -2.56. The Morgan fingerprint density at radius 1 is 1.21 bits per heavy atom. The molecule has 1 aromatic heterocycles. The standard InChI is InChI=1S/C19H24FN5O3S/c1-23-9-11-25(12-10-23)29(27,28)17-7-8-18(21-13-17)24(2)14-19(26)22-16-5-3-15(20)4-6-16/h3-8,13H,9-12,14H2,1-2H3,(H,22,26)/p+2. The van der Waals surface area contributed by atoms with Crippen LogP contribution in [0.25, 0.3) is 0 Å². The number of aromatic nitrogens is 1. The molecular weight excluding hydrogens is 397 g/mol. The van der Waals surface area contributed by atoms with Crippen molar-refractivity contribution in [3.63, 3.8) is 0 Å². The van der Waals surface area contributed by atoms with Crippen molar-refractivity contribution in [3.8, 4) is 0 Å². The Labute approximate surface area is 170 Å². The Morgan fingerprint density at radius 3 is 2.45 bits per heavy atom. The SMILES string of the molecule is CN(CC(=O)Nc1ccc(F)cc1)c1ccc(S(=O)(=O)N2CC[NH+](C)CC2)c[nH+]1. The lowest BCUT2D eigenvalue weighted by Gasteiger charge is -2.29. The quantitative estimate of drug-likeness (QED) is 0.639. The average Bonchev–Trinajstić information content (AvgIpc) is 2.70. The summed E-state index contributed by atoms with van der Waals surface area (Å²) < 4.78 is 40.0. The number of aromatic amines is 1. The van der Waals surface area contributed by atoms with Crippen LogP contribution >= 0.6 is 0 Å². The van der Waals surface area contributed by atoms with Crippen molar-refractivity contribution < 1.29 is 27.5 Å². The minimum absolute atomic E-state index is 0.0429. The van der Waals surface area contributed by atoms with Crippen molar-refractivity contribution in [3.05, 3.63) is 48.4 Å². The molecule has 0 aliphatic carbocycles. The molecule has 1 fully saturated rings. The van der Waals surface area contributed by atoms with E-state index in [1.807, 2.05) is 0 Å². The molecule has 0 radical (unpaired) electrons. The van der Waals surface area contributed by atoms with Gasteiger partial charge in [0, 0.05) is 11.8 Å². The second-order valence-electron chi connectivity index (χ2n) is 7.18. The fourth-order valence-electron chi connectivity index (χ4n) is 3.09. The third-order valence-electron chi connectivity index (χ3n) is 4.90. The molecule has 0 bridgehead atoms. The van der Waals surface area contributed by atoms with E-state index < -0.39 is 10.0 Å². The number of pyridine rings is 1. The highest BCUT2D eigenvalue weighted by Gasteiger charge is 2.30. The summed E-state index contributed by atoms with van der Waals surface area (Å²) in [5.41, 5.74) is 0.504. The number of nitrogens with zero attached hydrogens (tertiary/aromatic N) is 2. The Kier molecular flexibility index (Phi) is 6.46. The molecular formula is C19H26FN5O3S+2. The maximum atomic E-state index is 12.9. The largest absolute Gasteiger partial charge is 0.335 e. The molecule has 1 aliphatic rings. The molecule has 3 N–H and O–H groups in total. The van der Waals surface area contributed by atoms with Crippen LogP contribution in [0.15, 0.2) is 47.5 Å². The van der Waals surface area contributed by atoms with Gasteiger partial charge >= 0.3 is 0 Å². The van der Waals surface area contributed by atoms with Gasteiger partial charge in [-0.15, -0.1) is 0 Å². The maximum absolute atomic E-state index is 12.9. The number of hydrogen-bond acceptors (Lipinski definition) is 4. The zero-order valence-corrected chi connectivity index (χ0v) is 17.3. The van der Waals surface area contributed by atoms with Crippen molar-refractivity contribution in [1.29, 1.82) is 0 Å². The Bertz CT molecular complexity index is 943. The first-order valence-electron chi connectivity index (χ1n) is 9.35. The fourth-order valence-corrected chi connectivity index (χ4v) is 4.50. The van der Waals surface area contributed by atoms with Crippen molar-refractivity contribution in [2.75, 3.05) is 57.0 Å². The first-order valence-corrected chi connectivity index (χ1v) is 10.8. The van der Waals surface area contributed by atoms with Crippen LogP contribution in [0.5, 0.6) is 0 Å². The minimum Gasteiger partial charge on any atom is -0.335 e. The van der Waals surface area contributed by atoms with Gasteiger partial charge in [-0.1, -0.05) is 0 Å². The van der Waals surface area contributed by atoms with Crippen LogP contribution in [0.1, 0.15) is 0 Å².